The van der Waals surface area contributed by atoms with Crippen molar-refractivity contribution in [2.75, 3.05) is 12.4 Å². The number of anilines is 1. The number of hydrogen-bond acceptors (Lipinski definition) is 3. The molecule has 1 aromatic carbocycles. The molecule has 2 N–H and O–H groups in total. The van der Waals surface area contributed by atoms with Gasteiger partial charge in [-0.15, -0.1) is 0 Å². The van der Waals surface area contributed by atoms with Crippen molar-refractivity contribution in [1.29, 1.82) is 0 Å². The third kappa shape index (κ3) is 2.92. The third-order valence-corrected chi connectivity index (χ3v) is 4.24. The van der Waals surface area contributed by atoms with Gasteiger partial charge in [-0.05, 0) is 37.1 Å². The first-order chi connectivity index (χ1) is 9.08. The number of ether oxygens (including phenoxy) is 1. The lowest BCUT2D eigenvalue weighted by atomic mass is 9.78. The second-order valence-corrected chi connectivity index (χ2v) is 5.79. The van der Waals surface area contributed by atoms with Gasteiger partial charge in [0.15, 0.2) is 5.54 Å². The van der Waals surface area contributed by atoms with Crippen molar-refractivity contribution < 1.29 is 14.6 Å². The summed E-state index contributed by atoms with van der Waals surface area (Å²) in [6.07, 6.45) is 2.96. The van der Waals surface area contributed by atoms with Gasteiger partial charge in [0.05, 0.1) is 6.10 Å². The highest BCUT2D eigenvalue weighted by atomic mass is 79.9. The molecule has 2 rings (SSSR count). The summed E-state index contributed by atoms with van der Waals surface area (Å²) in [5, 5.41) is 12.8. The Hall–Kier alpha value is -1.07. The van der Waals surface area contributed by atoms with Crippen LogP contribution in [-0.2, 0) is 9.53 Å². The summed E-state index contributed by atoms with van der Waals surface area (Å²) in [7, 11) is 1.58. The second kappa shape index (κ2) is 5.92. The number of halogens is 1. The van der Waals surface area contributed by atoms with E-state index in [4.69, 9.17) is 4.74 Å². The van der Waals surface area contributed by atoms with Gasteiger partial charge >= 0.3 is 5.97 Å². The summed E-state index contributed by atoms with van der Waals surface area (Å²) in [4.78, 5) is 11.8. The van der Waals surface area contributed by atoms with Gasteiger partial charge in [-0.25, -0.2) is 4.79 Å². The van der Waals surface area contributed by atoms with E-state index < -0.39 is 11.5 Å². The molecule has 1 aromatic rings. The molecule has 2 unspecified atom stereocenters. The first kappa shape index (κ1) is 14.3. The molecule has 0 saturated heterocycles. The molecule has 0 spiro atoms. The van der Waals surface area contributed by atoms with Crippen LogP contribution in [0.4, 0.5) is 5.69 Å². The zero-order valence-corrected chi connectivity index (χ0v) is 12.4. The Morgan fingerprint density at radius 3 is 2.68 bits per heavy atom. The van der Waals surface area contributed by atoms with Crippen molar-refractivity contribution in [3.05, 3.63) is 28.7 Å². The van der Waals surface area contributed by atoms with E-state index in [0.717, 1.165) is 29.4 Å². The minimum Gasteiger partial charge on any atom is -0.479 e. The van der Waals surface area contributed by atoms with Crippen molar-refractivity contribution in [3.8, 4) is 0 Å². The van der Waals surface area contributed by atoms with Crippen molar-refractivity contribution in [2.45, 2.75) is 37.3 Å². The summed E-state index contributed by atoms with van der Waals surface area (Å²) in [6, 6.07) is 7.53. The van der Waals surface area contributed by atoms with Crippen LogP contribution in [0.3, 0.4) is 0 Å². The van der Waals surface area contributed by atoms with Gasteiger partial charge in [0.1, 0.15) is 0 Å². The smallest absolute Gasteiger partial charge is 0.332 e. The van der Waals surface area contributed by atoms with Crippen LogP contribution in [0.15, 0.2) is 28.7 Å². The summed E-state index contributed by atoms with van der Waals surface area (Å²) in [5.41, 5.74) is -0.226. The molecule has 1 aliphatic carbocycles. The lowest BCUT2D eigenvalue weighted by Crippen LogP contribution is -2.58. The SMILES string of the molecule is COC1CCCCC1(Nc1ccc(Br)cc1)C(=O)O. The summed E-state index contributed by atoms with van der Waals surface area (Å²) < 4.78 is 6.38. The van der Waals surface area contributed by atoms with Crippen molar-refractivity contribution in [3.63, 3.8) is 0 Å². The molecule has 19 heavy (non-hydrogen) atoms. The van der Waals surface area contributed by atoms with Gasteiger partial charge in [0.2, 0.25) is 0 Å². The minimum atomic E-state index is -1.03. The maximum Gasteiger partial charge on any atom is 0.332 e. The monoisotopic (exact) mass is 327 g/mol. The number of carboxylic acids is 1. The van der Waals surface area contributed by atoms with Crippen LogP contribution in [0.2, 0.25) is 0 Å². The largest absolute Gasteiger partial charge is 0.479 e. The Kier molecular flexibility index (Phi) is 4.47. The number of carbonyl (C=O) groups is 1. The normalized spacial score (nSPS) is 26.9. The molecule has 0 amide bonds. The zero-order valence-electron chi connectivity index (χ0n) is 10.9. The molecule has 0 aromatic heterocycles. The molecule has 0 heterocycles. The highest BCUT2D eigenvalue weighted by Crippen LogP contribution is 2.34. The van der Waals surface area contributed by atoms with Crippen LogP contribution in [0.25, 0.3) is 0 Å². The van der Waals surface area contributed by atoms with Crippen molar-refractivity contribution >= 4 is 27.6 Å². The highest BCUT2D eigenvalue weighted by Gasteiger charge is 2.48. The fourth-order valence-corrected chi connectivity index (χ4v) is 2.96. The van der Waals surface area contributed by atoms with Gasteiger partial charge < -0.3 is 15.2 Å². The van der Waals surface area contributed by atoms with Crippen LogP contribution >= 0.6 is 15.9 Å². The number of hydrogen-bond donors (Lipinski definition) is 2. The average molecular weight is 328 g/mol. The third-order valence-electron chi connectivity index (χ3n) is 3.71. The summed E-state index contributed by atoms with van der Waals surface area (Å²) in [5.74, 6) is -0.845. The Morgan fingerprint density at radius 2 is 2.11 bits per heavy atom. The van der Waals surface area contributed by atoms with E-state index in [-0.39, 0.29) is 6.10 Å². The van der Waals surface area contributed by atoms with Gasteiger partial charge in [-0.2, -0.15) is 0 Å². The predicted octanol–water partition coefficient (Wildman–Crippen LogP) is 3.27. The maximum atomic E-state index is 11.8. The van der Waals surface area contributed by atoms with Crippen molar-refractivity contribution in [2.24, 2.45) is 0 Å². The van der Waals surface area contributed by atoms with E-state index in [0.29, 0.717) is 6.42 Å². The Morgan fingerprint density at radius 1 is 1.42 bits per heavy atom. The number of aliphatic carboxylic acids is 1. The van der Waals surface area contributed by atoms with Crippen molar-refractivity contribution in [1.82, 2.24) is 0 Å². The van der Waals surface area contributed by atoms with Gasteiger partial charge in [-0.3, -0.25) is 0 Å². The number of carboxylic acid groups (broad SMARTS) is 1. The van der Waals surface area contributed by atoms with E-state index in [2.05, 4.69) is 21.2 Å². The molecule has 2 atom stereocenters. The molecule has 1 fully saturated rings. The highest BCUT2D eigenvalue weighted by molar-refractivity contribution is 9.10. The topological polar surface area (TPSA) is 58.6 Å². The molecular weight excluding hydrogens is 310 g/mol. The van der Waals surface area contributed by atoms with E-state index in [9.17, 15) is 9.90 Å². The summed E-state index contributed by atoms with van der Waals surface area (Å²) in [6.45, 7) is 0. The number of benzene rings is 1. The molecular formula is C14H18BrNO3. The van der Waals surface area contributed by atoms with E-state index in [1.807, 2.05) is 24.3 Å². The molecule has 4 nitrogen and oxygen atoms in total. The Bertz CT molecular complexity index is 449. The molecule has 0 aliphatic heterocycles. The van der Waals surface area contributed by atoms with Crippen LogP contribution in [0.5, 0.6) is 0 Å². The lowest BCUT2D eigenvalue weighted by Gasteiger charge is -2.41. The first-order valence-corrected chi connectivity index (χ1v) is 7.18. The fourth-order valence-electron chi connectivity index (χ4n) is 2.69. The minimum absolute atomic E-state index is 0.303. The number of nitrogens with one attached hydrogen (secondary N) is 1. The summed E-state index contributed by atoms with van der Waals surface area (Å²) >= 11 is 3.37. The van der Waals surface area contributed by atoms with Gasteiger partial charge in [0, 0.05) is 17.3 Å². The van der Waals surface area contributed by atoms with Gasteiger partial charge in [0.25, 0.3) is 0 Å². The first-order valence-electron chi connectivity index (χ1n) is 6.38. The van der Waals surface area contributed by atoms with Crippen LogP contribution in [0.1, 0.15) is 25.7 Å². The number of methoxy groups -OCH3 is 1. The molecule has 0 radical (unpaired) electrons. The standard InChI is InChI=1S/C14H18BrNO3/c1-19-12-4-2-3-9-14(12,13(17)18)16-11-7-5-10(15)6-8-11/h5-8,12,16H,2-4,9H2,1H3,(H,17,18). The lowest BCUT2D eigenvalue weighted by molar-refractivity contribution is -0.149. The van der Waals surface area contributed by atoms with E-state index in [1.54, 1.807) is 7.11 Å². The van der Waals surface area contributed by atoms with Crippen LogP contribution < -0.4 is 5.32 Å². The second-order valence-electron chi connectivity index (χ2n) is 4.88. The number of rotatable bonds is 4. The zero-order chi connectivity index (χ0) is 13.9. The molecule has 1 saturated carbocycles. The average Bonchev–Trinajstić information content (AvgIpc) is 2.41. The molecule has 104 valence electrons. The van der Waals surface area contributed by atoms with Crippen LogP contribution in [-0.4, -0.2) is 29.8 Å². The predicted molar refractivity (Wildman–Crippen MR) is 77.4 cm³/mol. The fraction of sp³-hybridized carbons (Fsp3) is 0.500. The molecule has 0 bridgehead atoms. The molecule has 1 aliphatic rings. The Labute approximate surface area is 121 Å². The van der Waals surface area contributed by atoms with E-state index in [1.165, 1.54) is 0 Å². The maximum absolute atomic E-state index is 11.8. The Balaban J connectivity index is 2.28. The van der Waals surface area contributed by atoms with Crippen LogP contribution in [0, 0.1) is 0 Å². The van der Waals surface area contributed by atoms with Gasteiger partial charge in [-0.1, -0.05) is 28.8 Å². The quantitative estimate of drug-likeness (QED) is 0.891. The molecule has 5 heteroatoms. The van der Waals surface area contributed by atoms with E-state index >= 15 is 0 Å².